The highest BCUT2D eigenvalue weighted by molar-refractivity contribution is 6.36. The van der Waals surface area contributed by atoms with Crippen LogP contribution in [0.3, 0.4) is 0 Å². The lowest BCUT2D eigenvalue weighted by Crippen LogP contribution is -2.34. The van der Waals surface area contributed by atoms with Crippen molar-refractivity contribution in [2.45, 2.75) is 38.9 Å². The molecule has 46 heavy (non-hydrogen) atoms. The Morgan fingerprint density at radius 2 is 1.61 bits per heavy atom. The van der Waals surface area contributed by atoms with Crippen molar-refractivity contribution >= 4 is 22.5 Å². The molecule has 10 nitrogen and oxygen atoms in total. The average molecular weight is 643 g/mol. The minimum Gasteiger partial charge on any atom is -0.496 e. The summed E-state index contributed by atoms with van der Waals surface area (Å²) >= 11 is 7.15. The maximum Gasteiger partial charge on any atom is 0.223 e. The molecule has 5 aromatic rings. The summed E-state index contributed by atoms with van der Waals surface area (Å²) in [5.74, 6) is 2.33. The second kappa shape index (κ2) is 14.0. The largest absolute Gasteiger partial charge is 0.496 e. The molecule has 1 saturated heterocycles. The molecule has 3 aromatic heterocycles. The zero-order valence-corrected chi connectivity index (χ0v) is 27.6. The van der Waals surface area contributed by atoms with Crippen molar-refractivity contribution < 1.29 is 18.9 Å². The first kappa shape index (κ1) is 31.7. The van der Waals surface area contributed by atoms with Gasteiger partial charge in [-0.05, 0) is 50.1 Å². The highest BCUT2D eigenvalue weighted by Gasteiger charge is 2.21. The Hall–Kier alpha value is -4.22. The first-order valence-electron chi connectivity index (χ1n) is 15.4. The number of methoxy groups -OCH3 is 3. The van der Waals surface area contributed by atoms with Crippen molar-refractivity contribution in [1.29, 1.82) is 0 Å². The van der Waals surface area contributed by atoms with Crippen molar-refractivity contribution in [2.24, 2.45) is 0 Å². The van der Waals surface area contributed by atoms with E-state index in [1.165, 1.54) is 0 Å². The lowest BCUT2D eigenvalue weighted by atomic mass is 9.97. The van der Waals surface area contributed by atoms with Gasteiger partial charge < -0.3 is 29.6 Å². The summed E-state index contributed by atoms with van der Waals surface area (Å²) < 4.78 is 24.5. The Bertz CT molecular complexity index is 1830. The summed E-state index contributed by atoms with van der Waals surface area (Å²) in [6.07, 6.45) is 3.78. The predicted molar refractivity (Wildman–Crippen MR) is 180 cm³/mol. The lowest BCUT2D eigenvalue weighted by molar-refractivity contribution is 0.0775. The molecule has 1 aliphatic rings. The maximum atomic E-state index is 7.15. The van der Waals surface area contributed by atoms with Gasteiger partial charge in [0.05, 0.1) is 49.3 Å². The summed E-state index contributed by atoms with van der Waals surface area (Å²) in [5.41, 5.74) is 7.22. The molecular weight excluding hydrogens is 604 g/mol. The third kappa shape index (κ3) is 6.13. The van der Waals surface area contributed by atoms with Gasteiger partial charge in [0.15, 0.2) is 5.82 Å². The van der Waals surface area contributed by atoms with Crippen LogP contribution in [0.5, 0.6) is 17.5 Å². The summed E-state index contributed by atoms with van der Waals surface area (Å²) in [4.78, 5) is 9.67. The zero-order chi connectivity index (χ0) is 32.2. The van der Waals surface area contributed by atoms with Crippen molar-refractivity contribution in [3.63, 3.8) is 0 Å². The molecule has 0 radical (unpaired) electrons. The van der Waals surface area contributed by atoms with Crippen LogP contribution in [0.4, 0.5) is 0 Å². The van der Waals surface area contributed by atoms with Gasteiger partial charge in [0.25, 0.3) is 0 Å². The first-order valence-corrected chi connectivity index (χ1v) is 15.7. The summed E-state index contributed by atoms with van der Waals surface area (Å²) in [6, 6.07) is 16.4. The van der Waals surface area contributed by atoms with Crippen molar-refractivity contribution in [2.75, 3.05) is 41.6 Å². The molecule has 240 valence electrons. The number of hydrogen-bond acceptors (Lipinski definition) is 9. The zero-order valence-electron chi connectivity index (χ0n) is 26.8. The van der Waals surface area contributed by atoms with Crippen LogP contribution in [0.15, 0.2) is 54.7 Å². The molecule has 1 aliphatic heterocycles. The molecule has 0 aliphatic carbocycles. The molecule has 0 spiro atoms. The number of pyridine rings is 2. The number of aromatic nitrogens is 4. The topological polar surface area (TPSA) is 105 Å². The van der Waals surface area contributed by atoms with Crippen molar-refractivity contribution in [3.8, 4) is 45.7 Å². The Morgan fingerprint density at radius 1 is 0.891 bits per heavy atom. The second-order valence-corrected chi connectivity index (χ2v) is 11.6. The van der Waals surface area contributed by atoms with E-state index in [2.05, 4.69) is 17.6 Å². The molecule has 0 unspecified atom stereocenters. The van der Waals surface area contributed by atoms with Crippen LogP contribution in [-0.2, 0) is 17.8 Å². The van der Waals surface area contributed by atoms with Gasteiger partial charge in [0.2, 0.25) is 11.8 Å². The Morgan fingerprint density at radius 3 is 2.35 bits per heavy atom. The van der Waals surface area contributed by atoms with Crippen molar-refractivity contribution in [3.05, 3.63) is 76.4 Å². The SMILES string of the molecule is CNCc1c(C)cc(-c2cccc(-c3cccc4c3cnn4-c3cc(OC)c(CNC4CCOCC4)c(OC)n3)c2Cl)nc1OC. The van der Waals surface area contributed by atoms with E-state index in [1.54, 1.807) is 26.0 Å². The number of fused-ring (bicyclic) bond motifs is 1. The Labute approximate surface area is 274 Å². The molecule has 1 fully saturated rings. The molecule has 0 bridgehead atoms. The molecule has 0 amide bonds. The normalized spacial score (nSPS) is 13.7. The molecule has 6 rings (SSSR count). The van der Waals surface area contributed by atoms with Gasteiger partial charge in [-0.3, -0.25) is 0 Å². The predicted octanol–water partition coefficient (Wildman–Crippen LogP) is 6.13. The van der Waals surface area contributed by atoms with Crippen LogP contribution in [0, 0.1) is 6.92 Å². The average Bonchev–Trinajstić information content (AvgIpc) is 3.53. The number of hydrogen-bond donors (Lipinski definition) is 2. The number of benzene rings is 2. The van der Waals surface area contributed by atoms with Gasteiger partial charge in [-0.1, -0.05) is 41.9 Å². The van der Waals surface area contributed by atoms with Gasteiger partial charge in [0, 0.05) is 60.5 Å². The van der Waals surface area contributed by atoms with E-state index in [4.69, 9.17) is 45.6 Å². The van der Waals surface area contributed by atoms with Crippen LogP contribution in [0.2, 0.25) is 5.02 Å². The fraction of sp³-hybridized carbons (Fsp3) is 0.343. The summed E-state index contributed by atoms with van der Waals surface area (Å²) in [6.45, 7) is 4.82. The van der Waals surface area contributed by atoms with Crippen molar-refractivity contribution in [1.82, 2.24) is 30.4 Å². The summed E-state index contributed by atoms with van der Waals surface area (Å²) in [5, 5.41) is 13.1. The smallest absolute Gasteiger partial charge is 0.223 e. The minimum atomic E-state index is 0.376. The highest BCUT2D eigenvalue weighted by atomic mass is 35.5. The van der Waals surface area contributed by atoms with Crippen LogP contribution in [0.25, 0.3) is 39.1 Å². The van der Waals surface area contributed by atoms with Gasteiger partial charge in [-0.15, -0.1) is 0 Å². The maximum absolute atomic E-state index is 7.15. The summed E-state index contributed by atoms with van der Waals surface area (Å²) in [7, 11) is 6.82. The van der Waals surface area contributed by atoms with Crippen LogP contribution < -0.4 is 24.8 Å². The molecule has 0 saturated carbocycles. The van der Waals surface area contributed by atoms with Crippen LogP contribution in [-0.4, -0.2) is 67.4 Å². The quantitative estimate of drug-likeness (QED) is 0.176. The first-order chi connectivity index (χ1) is 22.5. The second-order valence-electron chi connectivity index (χ2n) is 11.2. The monoisotopic (exact) mass is 642 g/mol. The number of nitrogens with one attached hydrogen (secondary N) is 2. The fourth-order valence-electron chi connectivity index (χ4n) is 6.06. The molecule has 2 N–H and O–H groups in total. The van der Waals surface area contributed by atoms with E-state index in [9.17, 15) is 0 Å². The van der Waals surface area contributed by atoms with Gasteiger partial charge in [-0.25, -0.2) is 9.67 Å². The third-order valence-corrected chi connectivity index (χ3v) is 8.89. The van der Waals surface area contributed by atoms with Gasteiger partial charge in [-0.2, -0.15) is 10.1 Å². The number of aryl methyl sites for hydroxylation is 1. The fourth-order valence-corrected chi connectivity index (χ4v) is 6.38. The van der Waals surface area contributed by atoms with E-state index >= 15 is 0 Å². The molecule has 0 atom stereocenters. The van der Waals surface area contributed by atoms with Gasteiger partial charge >= 0.3 is 0 Å². The standard InChI is InChI=1S/C35H39ClN6O4/c1-21-16-29(40-34(44-4)26(21)18-37-2)25-10-6-9-24(33(25)36)23-8-7-11-30-27(23)20-39-42(30)32-17-31(43-3)28(35(41-32)45-5)19-38-22-12-14-46-15-13-22/h6-11,16-17,20,22,37-38H,12-15,18-19H2,1-5H3. The number of ether oxygens (including phenoxy) is 4. The molecular formula is C35H39ClN6O4. The van der Waals surface area contributed by atoms with Crippen LogP contribution in [0.1, 0.15) is 29.5 Å². The lowest BCUT2D eigenvalue weighted by Gasteiger charge is -2.24. The Kier molecular flexibility index (Phi) is 9.70. The van der Waals surface area contributed by atoms with E-state index in [-0.39, 0.29) is 0 Å². The molecule has 11 heteroatoms. The Balaban J connectivity index is 1.38. The third-order valence-electron chi connectivity index (χ3n) is 8.49. The van der Waals surface area contributed by atoms with E-state index in [0.29, 0.717) is 47.5 Å². The minimum absolute atomic E-state index is 0.376. The van der Waals surface area contributed by atoms with E-state index in [0.717, 1.165) is 76.0 Å². The molecule has 2 aromatic carbocycles. The highest BCUT2D eigenvalue weighted by Crippen LogP contribution is 2.40. The van der Waals surface area contributed by atoms with Gasteiger partial charge in [0.1, 0.15) is 5.75 Å². The number of halogens is 1. The number of nitrogens with zero attached hydrogens (tertiary/aromatic N) is 4. The molecule has 4 heterocycles. The van der Waals surface area contributed by atoms with E-state index in [1.807, 2.05) is 61.8 Å². The van der Waals surface area contributed by atoms with E-state index < -0.39 is 0 Å². The number of rotatable bonds is 11. The van der Waals surface area contributed by atoms with Crippen LogP contribution >= 0.6 is 11.6 Å².